The van der Waals surface area contributed by atoms with Crippen LogP contribution in [0.3, 0.4) is 0 Å². The molecular formula is C20H42CaMgO12P2. The molecule has 16 heteroatoms. The Morgan fingerprint density at radius 1 is 0.833 bits per heavy atom. The number of unbranched alkanes of at least 4 members (excludes halogenated alkanes) is 4. The molecule has 0 aromatic carbocycles. The van der Waals surface area contributed by atoms with Crippen LogP contribution in [0.15, 0.2) is 25.3 Å². The van der Waals surface area contributed by atoms with Crippen LogP contribution >= 0.6 is 15.6 Å². The van der Waals surface area contributed by atoms with Crippen molar-refractivity contribution in [1.29, 1.82) is 0 Å². The number of carbonyl (C=O) groups excluding carboxylic acids is 2. The van der Waals surface area contributed by atoms with E-state index in [0.29, 0.717) is 0 Å². The predicted molar refractivity (Wildman–Crippen MR) is 140 cm³/mol. The number of esters is 2. The first-order valence-corrected chi connectivity index (χ1v) is 20.6. The van der Waals surface area contributed by atoms with E-state index < -0.39 is 49.5 Å². The van der Waals surface area contributed by atoms with Crippen molar-refractivity contribution in [1.82, 2.24) is 0 Å². The summed E-state index contributed by atoms with van der Waals surface area (Å²) in [6.45, 7) is 11.1. The maximum atomic E-state index is 10.9. The van der Waals surface area contributed by atoms with E-state index >= 15 is 0 Å². The van der Waals surface area contributed by atoms with Crippen molar-refractivity contribution in [3.05, 3.63) is 25.3 Å². The van der Waals surface area contributed by atoms with Crippen LogP contribution in [-0.2, 0) is 28.2 Å². The topological polar surface area (TPSA) is 208 Å². The number of carbonyl (C=O) groups is 2. The van der Waals surface area contributed by atoms with Crippen molar-refractivity contribution >= 4 is 81.8 Å². The molecule has 0 aromatic rings. The van der Waals surface area contributed by atoms with E-state index in [1.165, 1.54) is 50.7 Å². The average molecular weight is 601 g/mol. The summed E-state index contributed by atoms with van der Waals surface area (Å²) in [4.78, 5) is 64.9. The Labute approximate surface area is 242 Å². The zero-order valence-corrected chi connectivity index (χ0v) is 27.2. The molecule has 6 N–H and O–H groups in total. The van der Waals surface area contributed by atoms with E-state index in [1.807, 2.05) is 0 Å². The normalized spacial score (nSPS) is 11.6. The van der Waals surface area contributed by atoms with Gasteiger partial charge in [0.2, 0.25) is 0 Å². The van der Waals surface area contributed by atoms with Crippen LogP contribution in [0.5, 0.6) is 0 Å². The minimum Gasteiger partial charge on any atom is -0.489 e. The number of phosphoric acid groups is 2. The van der Waals surface area contributed by atoms with Crippen LogP contribution in [-0.4, -0.2) is 102 Å². The van der Waals surface area contributed by atoms with Gasteiger partial charge in [-0.25, -0.2) is 13.9 Å². The summed E-state index contributed by atoms with van der Waals surface area (Å²) in [6, 6.07) is 0. The monoisotopic (exact) mass is 600 g/mol. The van der Waals surface area contributed by atoms with Gasteiger partial charge < -0.3 is 34.1 Å². The van der Waals surface area contributed by atoms with Crippen molar-refractivity contribution in [3.63, 3.8) is 0 Å². The molecule has 0 rings (SSSR count). The third-order valence-corrected chi connectivity index (χ3v) is 7.87. The second-order valence-electron chi connectivity index (χ2n) is 7.36. The smallest absolute Gasteiger partial charge is 0.466 e. The molecule has 0 spiro atoms. The molecule has 0 amide bonds. The minimum atomic E-state index is -4.64. The number of rotatable bonds is 14. The van der Waals surface area contributed by atoms with E-state index in [9.17, 15) is 9.59 Å². The summed E-state index contributed by atoms with van der Waals surface area (Å²) >= 11 is -0.883. The first-order valence-electron chi connectivity index (χ1n) is 11.7. The molecule has 0 heterocycles. The fourth-order valence-corrected chi connectivity index (χ4v) is 4.99. The number of hydrogen-bond donors (Lipinski definition) is 6. The molecule has 0 radical (unpaired) electrons. The molecule has 0 saturated heterocycles. The van der Waals surface area contributed by atoms with E-state index in [1.54, 1.807) is 0 Å². The molecule has 12 nitrogen and oxygen atoms in total. The van der Waals surface area contributed by atoms with E-state index in [4.69, 9.17) is 48.0 Å². The second kappa shape index (κ2) is 28.7. The van der Waals surface area contributed by atoms with E-state index in [-0.39, 0.29) is 38.7 Å². The zero-order chi connectivity index (χ0) is 29.2. The van der Waals surface area contributed by atoms with Gasteiger partial charge in [0, 0.05) is 6.08 Å². The van der Waals surface area contributed by atoms with Crippen molar-refractivity contribution in [2.75, 3.05) is 0 Å². The maximum absolute atomic E-state index is 10.9. The van der Waals surface area contributed by atoms with Crippen LogP contribution in [0.2, 0.25) is 8.07 Å². The molecular weight excluding hydrogens is 559 g/mol. The van der Waals surface area contributed by atoms with Crippen molar-refractivity contribution in [3.8, 4) is 0 Å². The summed E-state index contributed by atoms with van der Waals surface area (Å²) in [5.74, 6) is -0.523. The van der Waals surface area contributed by atoms with Gasteiger partial charge in [0.25, 0.3) is 0 Å². The van der Waals surface area contributed by atoms with Crippen molar-refractivity contribution in [2.24, 2.45) is 0 Å². The molecule has 0 saturated carbocycles. The Hall–Kier alpha value is 0.666. The summed E-state index contributed by atoms with van der Waals surface area (Å²) in [5, 5.41) is 2.17. The Kier molecular flexibility index (Phi) is 34.8. The quantitative estimate of drug-likeness (QED) is 0.0559. The van der Waals surface area contributed by atoms with Gasteiger partial charge in [-0.1, -0.05) is 32.8 Å². The fourth-order valence-electron chi connectivity index (χ4n) is 2.36. The summed E-state index contributed by atoms with van der Waals surface area (Å²) in [6.07, 6.45) is 11.9. The van der Waals surface area contributed by atoms with Gasteiger partial charge in [-0.05, 0) is 10.7 Å². The van der Waals surface area contributed by atoms with Crippen LogP contribution in [0, 0.1) is 0 Å². The minimum absolute atomic E-state index is 0.219. The van der Waals surface area contributed by atoms with Gasteiger partial charge in [0.1, 0.15) is 0 Å². The fraction of sp³-hybridized carbons (Fsp3) is 0.700. The molecule has 208 valence electrons. The van der Waals surface area contributed by atoms with Gasteiger partial charge in [-0.3, -0.25) is 0 Å². The Balaban J connectivity index is -0.000000208. The molecule has 0 aliphatic rings. The first kappa shape index (κ1) is 43.7. The molecule has 2 atom stereocenters. The average Bonchev–Trinajstić information content (AvgIpc) is 2.75. The van der Waals surface area contributed by atoms with Crippen LogP contribution in [0.4, 0.5) is 0 Å². The van der Waals surface area contributed by atoms with Crippen molar-refractivity contribution < 1.29 is 57.6 Å². The predicted octanol–water partition coefficient (Wildman–Crippen LogP) is 2.89. The molecule has 36 heavy (non-hydrogen) atoms. The van der Waals surface area contributed by atoms with Crippen LogP contribution in [0.1, 0.15) is 65.2 Å². The SMILES string of the molecule is C=CC(=O)O[CH](CCCCC)[Ca][CH3].C=CC(=O)O[CH](CCCCC)[Mg][CH3].O=P(O)(O)O.O=P(O)(O)O. The molecule has 0 aromatic heterocycles. The van der Waals surface area contributed by atoms with Gasteiger partial charge in [0.15, 0.2) is 0 Å². The Bertz CT molecular complexity index is 597. The third-order valence-electron chi connectivity index (χ3n) is 4.07. The zero-order valence-electron chi connectivity index (χ0n) is 21.8. The summed E-state index contributed by atoms with van der Waals surface area (Å²) in [5.41, 5.74) is 0. The van der Waals surface area contributed by atoms with Gasteiger partial charge >= 0.3 is 142 Å². The van der Waals surface area contributed by atoms with Gasteiger partial charge in [-0.2, -0.15) is 5.05 Å². The molecule has 0 aliphatic carbocycles. The third kappa shape index (κ3) is 55.3. The van der Waals surface area contributed by atoms with E-state index in [2.05, 4.69) is 35.1 Å². The standard InChI is InChI=1S/2C9H15O2.2CH3.Ca.Mg.2H3O4P/c2*1-3-5-6-7-8-11-9(10)4-2;;;;;2*1-5(2,3)4/h2*4,8H,2-3,5-7H2,1H3;2*1H3;;;2*(H3,1,2,3,4). The van der Waals surface area contributed by atoms with Crippen LogP contribution in [0.25, 0.3) is 0 Å². The Morgan fingerprint density at radius 2 is 1.19 bits per heavy atom. The maximum Gasteiger partial charge on any atom is 0.466 e. The van der Waals surface area contributed by atoms with Crippen LogP contribution < -0.4 is 0 Å². The summed E-state index contributed by atoms with van der Waals surface area (Å²) < 4.78 is 30.9. The largest absolute Gasteiger partial charge is 0.489 e. The second-order valence-corrected chi connectivity index (χ2v) is 13.8. The summed E-state index contributed by atoms with van der Waals surface area (Å²) in [7, 11) is -9.28. The molecule has 0 bridgehead atoms. The first-order chi connectivity index (χ1) is 16.5. The molecule has 0 fully saturated rings. The number of hydrogen-bond acceptors (Lipinski definition) is 6. The van der Waals surface area contributed by atoms with Gasteiger partial charge in [0.05, 0.1) is 0 Å². The number of ether oxygens (including phenoxy) is 2. The van der Waals surface area contributed by atoms with Crippen molar-refractivity contribution in [2.45, 2.75) is 79.7 Å². The van der Waals surface area contributed by atoms with Gasteiger partial charge in [-0.15, -0.1) is 0 Å². The molecule has 0 aliphatic heterocycles. The Morgan fingerprint density at radius 3 is 1.50 bits per heavy atom. The molecule has 2 unspecified atom stereocenters. The van der Waals surface area contributed by atoms with E-state index in [0.717, 1.165) is 12.8 Å².